The molecule has 1 aliphatic rings. The summed E-state index contributed by atoms with van der Waals surface area (Å²) in [4.78, 5) is 16.6. The predicted molar refractivity (Wildman–Crippen MR) is 83.6 cm³/mol. The third-order valence-corrected chi connectivity index (χ3v) is 4.02. The zero-order chi connectivity index (χ0) is 15.2. The summed E-state index contributed by atoms with van der Waals surface area (Å²) in [5.74, 6) is 0.699. The van der Waals surface area contributed by atoms with Crippen LogP contribution in [0.15, 0.2) is 12.1 Å². The van der Waals surface area contributed by atoms with E-state index < -0.39 is 0 Å². The minimum atomic E-state index is -0.154. The third kappa shape index (κ3) is 4.14. The number of carbonyl (C=O) groups excluding carboxylic acids is 1. The quantitative estimate of drug-likeness (QED) is 0.881. The van der Waals surface area contributed by atoms with Crippen LogP contribution in [0.5, 0.6) is 0 Å². The number of aromatic nitrogens is 2. The van der Waals surface area contributed by atoms with E-state index in [0.717, 1.165) is 45.0 Å². The molecule has 6 nitrogen and oxygen atoms in total. The topological polar surface area (TPSA) is 61.4 Å². The first-order chi connectivity index (χ1) is 10.1. The Hall–Kier alpha value is -1.69. The first kappa shape index (κ1) is 15.7. The number of carbonyl (C=O) groups is 1. The highest BCUT2D eigenvalue weighted by Gasteiger charge is 2.18. The van der Waals surface area contributed by atoms with Crippen LogP contribution in [0.1, 0.15) is 37.7 Å². The number of nitrogens with one attached hydrogen (secondary N) is 1. The lowest BCUT2D eigenvalue weighted by Gasteiger charge is -2.34. The average Bonchev–Trinajstić information content (AvgIpc) is 2.55. The number of nitrogens with zero attached hydrogens (tertiary/aromatic N) is 4. The Bertz CT molecular complexity index is 454. The van der Waals surface area contributed by atoms with Gasteiger partial charge in [-0.2, -0.15) is 0 Å². The van der Waals surface area contributed by atoms with Crippen molar-refractivity contribution in [3.63, 3.8) is 0 Å². The summed E-state index contributed by atoms with van der Waals surface area (Å²) in [6.07, 6.45) is 0.902. The Balaban J connectivity index is 1.94. The van der Waals surface area contributed by atoms with Crippen LogP contribution >= 0.6 is 0 Å². The van der Waals surface area contributed by atoms with Gasteiger partial charge in [-0.05, 0) is 32.0 Å². The molecule has 1 aliphatic heterocycles. The molecular formula is C15H25N5O. The fraction of sp³-hybridized carbons (Fsp3) is 0.667. The molecule has 21 heavy (non-hydrogen) atoms. The van der Waals surface area contributed by atoms with Gasteiger partial charge in [0, 0.05) is 32.2 Å². The molecule has 1 saturated heterocycles. The van der Waals surface area contributed by atoms with Crippen LogP contribution in [0.4, 0.5) is 5.82 Å². The van der Waals surface area contributed by atoms with Gasteiger partial charge in [-0.15, -0.1) is 10.2 Å². The fourth-order valence-corrected chi connectivity index (χ4v) is 2.31. The molecule has 2 rings (SSSR count). The number of piperazine rings is 1. The van der Waals surface area contributed by atoms with Gasteiger partial charge in [0.2, 0.25) is 0 Å². The summed E-state index contributed by atoms with van der Waals surface area (Å²) in [6.45, 7) is 11.3. The second-order valence-electron chi connectivity index (χ2n) is 5.48. The zero-order valence-corrected chi connectivity index (χ0v) is 13.2. The van der Waals surface area contributed by atoms with Crippen LogP contribution in [0, 0.1) is 0 Å². The highest BCUT2D eigenvalue weighted by atomic mass is 16.2. The fourth-order valence-electron chi connectivity index (χ4n) is 2.31. The lowest BCUT2D eigenvalue weighted by Crippen LogP contribution is -2.46. The highest BCUT2D eigenvalue weighted by molar-refractivity contribution is 5.92. The average molecular weight is 291 g/mol. The molecule has 1 amide bonds. The van der Waals surface area contributed by atoms with Crippen LogP contribution in [0.3, 0.4) is 0 Å². The summed E-state index contributed by atoms with van der Waals surface area (Å²) in [5, 5.41) is 11.2. The lowest BCUT2D eigenvalue weighted by atomic mass is 10.2. The monoisotopic (exact) mass is 291 g/mol. The van der Waals surface area contributed by atoms with Crippen molar-refractivity contribution in [2.45, 2.75) is 33.2 Å². The molecule has 1 aromatic heterocycles. The number of hydrogen-bond donors (Lipinski definition) is 1. The smallest absolute Gasteiger partial charge is 0.272 e. The molecule has 0 aromatic carbocycles. The van der Waals surface area contributed by atoms with E-state index in [-0.39, 0.29) is 11.9 Å². The van der Waals surface area contributed by atoms with Crippen molar-refractivity contribution in [1.29, 1.82) is 0 Å². The maximum Gasteiger partial charge on any atom is 0.272 e. The normalized spacial score (nSPS) is 17.6. The van der Waals surface area contributed by atoms with E-state index in [1.165, 1.54) is 0 Å². The number of rotatable bonds is 5. The van der Waals surface area contributed by atoms with Gasteiger partial charge < -0.3 is 15.1 Å². The van der Waals surface area contributed by atoms with Gasteiger partial charge >= 0.3 is 0 Å². The van der Waals surface area contributed by atoms with Gasteiger partial charge in [-0.1, -0.05) is 13.8 Å². The Morgan fingerprint density at radius 2 is 1.95 bits per heavy atom. The minimum absolute atomic E-state index is 0.154. The van der Waals surface area contributed by atoms with Gasteiger partial charge in [0.25, 0.3) is 5.91 Å². The summed E-state index contributed by atoms with van der Waals surface area (Å²) >= 11 is 0. The van der Waals surface area contributed by atoms with Crippen LogP contribution in [0.25, 0.3) is 0 Å². The molecule has 1 unspecified atom stereocenters. The van der Waals surface area contributed by atoms with Crippen molar-refractivity contribution < 1.29 is 4.79 Å². The van der Waals surface area contributed by atoms with Crippen LogP contribution in [-0.4, -0.2) is 59.8 Å². The molecule has 1 N–H and O–H groups in total. The maximum absolute atomic E-state index is 11.9. The van der Waals surface area contributed by atoms with Crippen molar-refractivity contribution in [2.24, 2.45) is 0 Å². The van der Waals surface area contributed by atoms with E-state index in [0.29, 0.717) is 5.69 Å². The molecule has 116 valence electrons. The van der Waals surface area contributed by atoms with Gasteiger partial charge in [0.1, 0.15) is 0 Å². The van der Waals surface area contributed by atoms with Crippen LogP contribution in [0.2, 0.25) is 0 Å². The number of hydrogen-bond acceptors (Lipinski definition) is 5. The molecule has 1 fully saturated rings. The lowest BCUT2D eigenvalue weighted by molar-refractivity contribution is 0.0933. The Labute approximate surface area is 126 Å². The van der Waals surface area contributed by atoms with Gasteiger partial charge in [-0.25, -0.2) is 0 Å². The van der Waals surface area contributed by atoms with E-state index in [2.05, 4.69) is 32.2 Å². The van der Waals surface area contributed by atoms with E-state index in [1.807, 2.05) is 19.9 Å². The highest BCUT2D eigenvalue weighted by Crippen LogP contribution is 2.12. The van der Waals surface area contributed by atoms with Crippen molar-refractivity contribution >= 4 is 11.7 Å². The molecule has 0 aliphatic carbocycles. The summed E-state index contributed by atoms with van der Waals surface area (Å²) < 4.78 is 0. The summed E-state index contributed by atoms with van der Waals surface area (Å²) in [6, 6.07) is 3.80. The first-order valence-electron chi connectivity index (χ1n) is 7.76. The van der Waals surface area contributed by atoms with Crippen LogP contribution in [-0.2, 0) is 0 Å². The Kier molecular flexibility index (Phi) is 5.50. The van der Waals surface area contributed by atoms with Crippen molar-refractivity contribution in [3.8, 4) is 0 Å². The largest absolute Gasteiger partial charge is 0.353 e. The maximum atomic E-state index is 11.9. The van der Waals surface area contributed by atoms with Crippen molar-refractivity contribution in [1.82, 2.24) is 20.4 Å². The van der Waals surface area contributed by atoms with E-state index in [4.69, 9.17) is 0 Å². The van der Waals surface area contributed by atoms with Crippen LogP contribution < -0.4 is 10.2 Å². The SMILES string of the molecule is CCC(C)NC(=O)c1ccc(N2CCN(CC)CC2)nn1. The molecule has 1 aromatic rings. The van der Waals surface area contributed by atoms with Crippen molar-refractivity contribution in [2.75, 3.05) is 37.6 Å². The molecule has 2 heterocycles. The molecule has 0 radical (unpaired) electrons. The van der Waals surface area contributed by atoms with Gasteiger partial charge in [0.15, 0.2) is 11.5 Å². The van der Waals surface area contributed by atoms with Crippen molar-refractivity contribution in [3.05, 3.63) is 17.8 Å². The molecular weight excluding hydrogens is 266 g/mol. The number of amides is 1. The summed E-state index contributed by atoms with van der Waals surface area (Å²) in [7, 11) is 0. The number of anilines is 1. The van der Waals surface area contributed by atoms with Gasteiger partial charge in [-0.3, -0.25) is 4.79 Å². The van der Waals surface area contributed by atoms with E-state index >= 15 is 0 Å². The second kappa shape index (κ2) is 7.36. The standard InChI is InChI=1S/C15H25N5O/c1-4-12(3)16-15(21)13-6-7-14(18-17-13)20-10-8-19(5-2)9-11-20/h6-7,12H,4-5,8-11H2,1-3H3,(H,16,21). The van der Waals surface area contributed by atoms with E-state index in [1.54, 1.807) is 6.07 Å². The van der Waals surface area contributed by atoms with Gasteiger partial charge in [0.05, 0.1) is 0 Å². The van der Waals surface area contributed by atoms with E-state index in [9.17, 15) is 4.79 Å². The third-order valence-electron chi connectivity index (χ3n) is 4.02. The predicted octanol–water partition coefficient (Wildman–Crippen LogP) is 1.15. The Morgan fingerprint density at radius 1 is 1.24 bits per heavy atom. The molecule has 0 bridgehead atoms. The molecule has 6 heteroatoms. The minimum Gasteiger partial charge on any atom is -0.353 e. The zero-order valence-electron chi connectivity index (χ0n) is 13.2. The molecule has 0 spiro atoms. The number of likely N-dealkylation sites (N-methyl/N-ethyl adjacent to an activating group) is 1. The molecule has 1 atom stereocenters. The second-order valence-corrected chi connectivity index (χ2v) is 5.48. The summed E-state index contributed by atoms with van der Waals surface area (Å²) in [5.41, 5.74) is 0.381. The first-order valence-corrected chi connectivity index (χ1v) is 7.76. The Morgan fingerprint density at radius 3 is 2.48 bits per heavy atom. The molecule has 0 saturated carbocycles.